The van der Waals surface area contributed by atoms with Crippen molar-refractivity contribution in [2.24, 2.45) is 0 Å². The van der Waals surface area contributed by atoms with Gasteiger partial charge in [0.1, 0.15) is 17.5 Å². The highest BCUT2D eigenvalue weighted by atomic mass is 79.9. The average molecular weight is 415 g/mol. The van der Waals surface area contributed by atoms with Crippen molar-refractivity contribution in [2.75, 3.05) is 11.1 Å². The molecule has 0 unspecified atom stereocenters. The lowest BCUT2D eigenvalue weighted by atomic mass is 10.2. The number of rotatable bonds is 4. The van der Waals surface area contributed by atoms with Crippen LogP contribution in [0.15, 0.2) is 52.8 Å². The summed E-state index contributed by atoms with van der Waals surface area (Å²) in [4.78, 5) is 16.8. The minimum absolute atomic E-state index is 0.253. The molecule has 4 rings (SSSR count). The number of pyridine rings is 1. The van der Waals surface area contributed by atoms with Crippen LogP contribution in [0, 0.1) is 0 Å². The van der Waals surface area contributed by atoms with E-state index in [0.29, 0.717) is 27.9 Å². The SMILES string of the molecule is Nc1c(Nc2nccs2)ncnc1Oc1ccc(Br)c2cccnc12. The number of nitrogen functional groups attached to an aromatic ring is 1. The summed E-state index contributed by atoms with van der Waals surface area (Å²) in [5, 5.41) is 6.54. The van der Waals surface area contributed by atoms with Crippen LogP contribution in [-0.2, 0) is 0 Å². The van der Waals surface area contributed by atoms with Crippen molar-refractivity contribution in [3.05, 3.63) is 52.8 Å². The maximum absolute atomic E-state index is 6.16. The van der Waals surface area contributed by atoms with Gasteiger partial charge in [0.05, 0.1) is 0 Å². The smallest absolute Gasteiger partial charge is 0.248 e. The molecule has 0 saturated heterocycles. The van der Waals surface area contributed by atoms with Gasteiger partial charge < -0.3 is 15.8 Å². The molecule has 0 spiro atoms. The zero-order valence-corrected chi connectivity index (χ0v) is 15.1. The van der Waals surface area contributed by atoms with Crippen LogP contribution in [0.25, 0.3) is 10.9 Å². The molecule has 3 N–H and O–H groups in total. The van der Waals surface area contributed by atoms with Gasteiger partial charge in [-0.2, -0.15) is 4.98 Å². The van der Waals surface area contributed by atoms with Crippen LogP contribution >= 0.6 is 27.3 Å². The highest BCUT2D eigenvalue weighted by Gasteiger charge is 2.14. The highest BCUT2D eigenvalue weighted by molar-refractivity contribution is 9.10. The monoisotopic (exact) mass is 414 g/mol. The van der Waals surface area contributed by atoms with Crippen LogP contribution in [0.3, 0.4) is 0 Å². The molecule has 0 aliphatic heterocycles. The van der Waals surface area contributed by atoms with Gasteiger partial charge in [0.25, 0.3) is 0 Å². The Morgan fingerprint density at radius 3 is 2.84 bits per heavy atom. The summed E-state index contributed by atoms with van der Waals surface area (Å²) in [5.41, 5.74) is 7.16. The van der Waals surface area contributed by atoms with Crippen LogP contribution in [0.4, 0.5) is 16.6 Å². The molecular formula is C16H11BrN6OS. The third kappa shape index (κ3) is 3.11. The Labute approximate surface area is 155 Å². The lowest BCUT2D eigenvalue weighted by Gasteiger charge is -2.12. The van der Waals surface area contributed by atoms with E-state index in [-0.39, 0.29) is 5.88 Å². The first kappa shape index (κ1) is 15.7. The van der Waals surface area contributed by atoms with Gasteiger partial charge in [-0.1, -0.05) is 22.0 Å². The molecule has 0 aliphatic rings. The van der Waals surface area contributed by atoms with Gasteiger partial charge in [-0.15, -0.1) is 11.3 Å². The number of nitrogens with two attached hydrogens (primary N) is 1. The van der Waals surface area contributed by atoms with Gasteiger partial charge in [0, 0.05) is 27.6 Å². The van der Waals surface area contributed by atoms with E-state index in [4.69, 9.17) is 10.5 Å². The summed E-state index contributed by atoms with van der Waals surface area (Å²) < 4.78 is 6.86. The first-order valence-electron chi connectivity index (χ1n) is 7.20. The lowest BCUT2D eigenvalue weighted by molar-refractivity contribution is 0.469. The van der Waals surface area contributed by atoms with E-state index >= 15 is 0 Å². The van der Waals surface area contributed by atoms with Gasteiger partial charge >= 0.3 is 0 Å². The van der Waals surface area contributed by atoms with Crippen molar-refractivity contribution >= 4 is 54.8 Å². The van der Waals surface area contributed by atoms with Crippen LogP contribution in [0.2, 0.25) is 0 Å². The number of hydrogen-bond donors (Lipinski definition) is 2. The zero-order chi connectivity index (χ0) is 17.2. The van der Waals surface area contributed by atoms with Crippen molar-refractivity contribution in [3.63, 3.8) is 0 Å². The number of fused-ring (bicyclic) bond motifs is 1. The number of aromatic nitrogens is 4. The van der Waals surface area contributed by atoms with Gasteiger partial charge in [0.2, 0.25) is 5.88 Å². The Hall–Kier alpha value is -2.78. The van der Waals surface area contributed by atoms with Gasteiger partial charge in [0.15, 0.2) is 16.7 Å². The fraction of sp³-hybridized carbons (Fsp3) is 0. The molecule has 3 aromatic heterocycles. The normalized spacial score (nSPS) is 10.8. The maximum Gasteiger partial charge on any atom is 0.248 e. The second kappa shape index (κ2) is 6.61. The van der Waals surface area contributed by atoms with Gasteiger partial charge in [-0.3, -0.25) is 4.98 Å². The molecule has 9 heteroatoms. The van der Waals surface area contributed by atoms with Crippen LogP contribution < -0.4 is 15.8 Å². The quantitative estimate of drug-likeness (QED) is 0.511. The Balaban J connectivity index is 1.71. The van der Waals surface area contributed by atoms with E-state index in [2.05, 4.69) is 41.2 Å². The number of thiazole rings is 1. The number of ether oxygens (including phenoxy) is 1. The Bertz CT molecular complexity index is 1040. The summed E-state index contributed by atoms with van der Waals surface area (Å²) in [6.45, 7) is 0. The summed E-state index contributed by atoms with van der Waals surface area (Å²) >= 11 is 4.96. The predicted molar refractivity (Wildman–Crippen MR) is 101 cm³/mol. The van der Waals surface area contributed by atoms with Crippen LogP contribution in [0.5, 0.6) is 11.6 Å². The highest BCUT2D eigenvalue weighted by Crippen LogP contribution is 2.35. The molecule has 0 bridgehead atoms. The Morgan fingerprint density at radius 1 is 1.08 bits per heavy atom. The molecule has 4 aromatic rings. The van der Waals surface area contributed by atoms with Crippen molar-refractivity contribution in [2.45, 2.75) is 0 Å². The van der Waals surface area contributed by atoms with Crippen molar-refractivity contribution in [3.8, 4) is 11.6 Å². The summed E-state index contributed by atoms with van der Waals surface area (Å²) in [6.07, 6.45) is 4.79. The molecule has 0 radical (unpaired) electrons. The lowest BCUT2D eigenvalue weighted by Crippen LogP contribution is -2.03. The van der Waals surface area contributed by atoms with Crippen molar-refractivity contribution < 1.29 is 4.74 Å². The number of nitrogens with zero attached hydrogens (tertiary/aromatic N) is 4. The maximum atomic E-state index is 6.16. The number of anilines is 3. The third-order valence-electron chi connectivity index (χ3n) is 3.39. The first-order valence-corrected chi connectivity index (χ1v) is 8.87. The van der Waals surface area contributed by atoms with Crippen LogP contribution in [0.1, 0.15) is 0 Å². The summed E-state index contributed by atoms with van der Waals surface area (Å²) in [5.74, 6) is 1.25. The first-order chi connectivity index (χ1) is 12.2. The molecule has 1 aromatic carbocycles. The van der Waals surface area contributed by atoms with Crippen molar-refractivity contribution in [1.29, 1.82) is 0 Å². The molecule has 25 heavy (non-hydrogen) atoms. The molecule has 0 saturated carbocycles. The van der Waals surface area contributed by atoms with Gasteiger partial charge in [-0.05, 0) is 18.2 Å². The minimum atomic E-state index is 0.253. The number of nitrogens with one attached hydrogen (secondary N) is 1. The molecule has 0 fully saturated rings. The number of hydrogen-bond acceptors (Lipinski definition) is 8. The topological polar surface area (TPSA) is 98.8 Å². The zero-order valence-electron chi connectivity index (χ0n) is 12.7. The van der Waals surface area contributed by atoms with E-state index in [1.165, 1.54) is 17.7 Å². The van der Waals surface area contributed by atoms with Crippen molar-refractivity contribution in [1.82, 2.24) is 19.9 Å². The molecule has 0 aliphatic carbocycles. The molecule has 0 amide bonds. The Kier molecular flexibility index (Phi) is 4.16. The summed E-state index contributed by atoms with van der Waals surface area (Å²) in [7, 11) is 0. The van der Waals surface area contributed by atoms with Crippen LogP contribution in [-0.4, -0.2) is 19.9 Å². The standard InChI is InChI=1S/C16H11BrN6OS/c17-10-3-4-11(13-9(10)2-1-5-19-13)24-15-12(18)14(21-8-22-15)23-16-20-6-7-25-16/h1-8H,18H2,(H,20,21,22,23). The van der Waals surface area contributed by atoms with E-state index < -0.39 is 0 Å². The van der Waals surface area contributed by atoms with E-state index in [1.54, 1.807) is 12.4 Å². The molecule has 0 atom stereocenters. The van der Waals surface area contributed by atoms with E-state index in [1.807, 2.05) is 29.6 Å². The third-order valence-corrected chi connectivity index (χ3v) is 4.77. The van der Waals surface area contributed by atoms with E-state index in [0.717, 1.165) is 9.86 Å². The fourth-order valence-electron chi connectivity index (χ4n) is 2.25. The fourth-order valence-corrected chi connectivity index (χ4v) is 3.23. The predicted octanol–water partition coefficient (Wildman–Crippen LogP) is 4.36. The molecule has 124 valence electrons. The second-order valence-electron chi connectivity index (χ2n) is 4.95. The molecule has 3 heterocycles. The second-order valence-corrected chi connectivity index (χ2v) is 6.70. The molecule has 7 nitrogen and oxygen atoms in total. The van der Waals surface area contributed by atoms with Gasteiger partial charge in [-0.25, -0.2) is 9.97 Å². The largest absolute Gasteiger partial charge is 0.435 e. The average Bonchev–Trinajstić information content (AvgIpc) is 3.14. The number of halogens is 1. The van der Waals surface area contributed by atoms with E-state index in [9.17, 15) is 0 Å². The molecular weight excluding hydrogens is 404 g/mol. The number of benzene rings is 1. The Morgan fingerprint density at radius 2 is 2.00 bits per heavy atom. The minimum Gasteiger partial charge on any atom is -0.435 e. The summed E-state index contributed by atoms with van der Waals surface area (Å²) in [6, 6.07) is 7.53.